The minimum Gasteiger partial charge on any atom is -0.493 e. The van der Waals surface area contributed by atoms with Crippen LogP contribution in [0.2, 0.25) is 0 Å². The summed E-state index contributed by atoms with van der Waals surface area (Å²) in [7, 11) is 3.26. The molecule has 0 radical (unpaired) electrons. The summed E-state index contributed by atoms with van der Waals surface area (Å²) in [5, 5.41) is 7.46. The first-order chi connectivity index (χ1) is 15.1. The quantitative estimate of drug-likeness (QED) is 0.715. The highest BCUT2D eigenvalue weighted by molar-refractivity contribution is 7.10. The number of amides is 3. The summed E-state index contributed by atoms with van der Waals surface area (Å²) >= 11 is 1.66. The van der Waals surface area contributed by atoms with Crippen LogP contribution in [-0.4, -0.2) is 50.2 Å². The van der Waals surface area contributed by atoms with E-state index in [0.717, 1.165) is 42.5 Å². The van der Waals surface area contributed by atoms with Crippen molar-refractivity contribution in [2.75, 3.05) is 27.3 Å². The zero-order chi connectivity index (χ0) is 21.8. The normalized spacial score (nSPS) is 19.0. The first-order valence-corrected chi connectivity index (χ1v) is 11.6. The number of urea groups is 1. The Hall–Kier alpha value is -2.58. The molecule has 1 atom stereocenters. The number of rotatable bonds is 6. The molecule has 31 heavy (non-hydrogen) atoms. The molecule has 2 aliphatic rings. The number of ether oxygens (including phenoxy) is 2. The van der Waals surface area contributed by atoms with Crippen molar-refractivity contribution in [1.29, 1.82) is 0 Å². The summed E-state index contributed by atoms with van der Waals surface area (Å²) in [5.41, 5.74) is 2.29. The number of fused-ring (bicyclic) bond motifs is 1. The van der Waals surface area contributed by atoms with Crippen molar-refractivity contribution in [3.05, 3.63) is 45.6 Å². The standard InChI is InChI=1S/C23H29N3O4S/c1-29-18-12-15-9-10-26(14-21(27)25-23(28)24-16-6-3-4-7-16)22(20-8-5-11-31-20)17(15)13-19(18)30-2/h5,8,11-13,16,22H,3-4,6-7,9-10,14H2,1-2H3,(H2,24,25,27,28). The zero-order valence-corrected chi connectivity index (χ0v) is 18.8. The van der Waals surface area contributed by atoms with Crippen molar-refractivity contribution in [3.8, 4) is 11.5 Å². The van der Waals surface area contributed by atoms with Gasteiger partial charge in [-0.05, 0) is 54.0 Å². The van der Waals surface area contributed by atoms with Gasteiger partial charge in [-0.2, -0.15) is 0 Å². The Bertz CT molecular complexity index is 925. The van der Waals surface area contributed by atoms with Crippen LogP contribution in [0, 0.1) is 0 Å². The average Bonchev–Trinajstić information content (AvgIpc) is 3.46. The fourth-order valence-corrected chi connectivity index (χ4v) is 5.47. The predicted molar refractivity (Wildman–Crippen MR) is 120 cm³/mol. The molecule has 0 saturated heterocycles. The van der Waals surface area contributed by atoms with Gasteiger partial charge in [-0.3, -0.25) is 15.0 Å². The molecule has 7 nitrogen and oxygen atoms in total. The second kappa shape index (κ2) is 9.70. The van der Waals surface area contributed by atoms with Crippen LogP contribution < -0.4 is 20.1 Å². The summed E-state index contributed by atoms with van der Waals surface area (Å²) in [4.78, 5) is 28.2. The van der Waals surface area contributed by atoms with Gasteiger partial charge in [-0.25, -0.2) is 4.79 Å². The fourth-order valence-electron chi connectivity index (χ4n) is 4.59. The highest BCUT2D eigenvalue weighted by Gasteiger charge is 2.32. The monoisotopic (exact) mass is 443 g/mol. The molecule has 2 N–H and O–H groups in total. The molecule has 8 heteroatoms. The molecule has 2 aromatic rings. The number of carbonyl (C=O) groups excluding carboxylic acids is 2. The molecule has 166 valence electrons. The van der Waals surface area contributed by atoms with Crippen molar-refractivity contribution < 1.29 is 19.1 Å². The molecule has 1 saturated carbocycles. The van der Waals surface area contributed by atoms with Gasteiger partial charge in [0.1, 0.15) is 0 Å². The van der Waals surface area contributed by atoms with Gasteiger partial charge < -0.3 is 14.8 Å². The Morgan fingerprint density at radius 1 is 1.16 bits per heavy atom. The van der Waals surface area contributed by atoms with Crippen molar-refractivity contribution in [2.24, 2.45) is 0 Å². The minimum absolute atomic E-state index is 0.0767. The lowest BCUT2D eigenvalue weighted by atomic mass is 9.91. The fraction of sp³-hybridized carbons (Fsp3) is 0.478. The third kappa shape index (κ3) is 4.85. The van der Waals surface area contributed by atoms with Gasteiger partial charge in [-0.15, -0.1) is 11.3 Å². The zero-order valence-electron chi connectivity index (χ0n) is 18.0. The number of hydrogen-bond donors (Lipinski definition) is 2. The van der Waals surface area contributed by atoms with Gasteiger partial charge in [-0.1, -0.05) is 18.9 Å². The Balaban J connectivity index is 1.52. The van der Waals surface area contributed by atoms with E-state index in [4.69, 9.17) is 9.47 Å². The van der Waals surface area contributed by atoms with Crippen LogP contribution in [0.25, 0.3) is 0 Å². The Labute approximate surface area is 186 Å². The summed E-state index contributed by atoms with van der Waals surface area (Å²) in [6, 6.07) is 7.84. The van der Waals surface area contributed by atoms with E-state index in [0.29, 0.717) is 18.0 Å². The van der Waals surface area contributed by atoms with Crippen molar-refractivity contribution in [1.82, 2.24) is 15.5 Å². The van der Waals surface area contributed by atoms with Gasteiger partial charge in [0.25, 0.3) is 0 Å². The Morgan fingerprint density at radius 2 is 1.90 bits per heavy atom. The third-order valence-corrected chi connectivity index (χ3v) is 7.00. The maximum atomic E-state index is 12.7. The van der Waals surface area contributed by atoms with E-state index in [1.165, 1.54) is 5.56 Å². The first kappa shape index (κ1) is 21.6. The summed E-state index contributed by atoms with van der Waals surface area (Å²) in [6.45, 7) is 0.858. The SMILES string of the molecule is COc1cc2c(cc1OC)C(c1cccs1)N(CC(=O)NC(=O)NC1CCCC1)CC2. The topological polar surface area (TPSA) is 79.9 Å². The van der Waals surface area contributed by atoms with E-state index in [2.05, 4.69) is 21.6 Å². The predicted octanol–water partition coefficient (Wildman–Crippen LogP) is 3.48. The number of benzene rings is 1. The molecular formula is C23H29N3O4S. The maximum absolute atomic E-state index is 12.7. The van der Waals surface area contributed by atoms with Crippen LogP contribution in [0.15, 0.2) is 29.6 Å². The van der Waals surface area contributed by atoms with Gasteiger partial charge in [0.05, 0.1) is 26.8 Å². The van der Waals surface area contributed by atoms with Crippen LogP contribution in [0.4, 0.5) is 4.79 Å². The summed E-state index contributed by atoms with van der Waals surface area (Å²) in [6.07, 6.45) is 5.01. The second-order valence-electron chi connectivity index (χ2n) is 8.05. The van der Waals surface area contributed by atoms with Crippen LogP contribution in [-0.2, 0) is 11.2 Å². The maximum Gasteiger partial charge on any atom is 0.321 e. The molecule has 0 spiro atoms. The van der Waals surface area contributed by atoms with Gasteiger partial charge in [0.2, 0.25) is 5.91 Å². The van der Waals surface area contributed by atoms with Crippen molar-refractivity contribution >= 4 is 23.3 Å². The molecule has 1 unspecified atom stereocenters. The number of nitrogens with zero attached hydrogens (tertiary/aromatic N) is 1. The molecule has 1 fully saturated rings. The highest BCUT2D eigenvalue weighted by Crippen LogP contribution is 2.42. The highest BCUT2D eigenvalue weighted by atomic mass is 32.1. The number of nitrogens with one attached hydrogen (secondary N) is 2. The molecule has 3 amide bonds. The first-order valence-electron chi connectivity index (χ1n) is 10.7. The van der Waals surface area contributed by atoms with E-state index in [1.807, 2.05) is 23.6 Å². The molecule has 1 aliphatic carbocycles. The van der Waals surface area contributed by atoms with E-state index >= 15 is 0 Å². The molecule has 1 aromatic heterocycles. The van der Waals surface area contributed by atoms with Crippen LogP contribution in [0.3, 0.4) is 0 Å². The van der Waals surface area contributed by atoms with Gasteiger partial charge in [0.15, 0.2) is 11.5 Å². The van der Waals surface area contributed by atoms with E-state index in [1.54, 1.807) is 25.6 Å². The third-order valence-electron chi connectivity index (χ3n) is 6.08. The lowest BCUT2D eigenvalue weighted by molar-refractivity contribution is -0.121. The Morgan fingerprint density at radius 3 is 2.58 bits per heavy atom. The van der Waals surface area contributed by atoms with E-state index in [9.17, 15) is 9.59 Å². The van der Waals surface area contributed by atoms with E-state index in [-0.39, 0.29) is 24.5 Å². The molecular weight excluding hydrogens is 414 g/mol. The van der Waals surface area contributed by atoms with E-state index < -0.39 is 6.03 Å². The number of hydrogen-bond acceptors (Lipinski definition) is 6. The van der Waals surface area contributed by atoms with Crippen molar-refractivity contribution in [3.63, 3.8) is 0 Å². The summed E-state index contributed by atoms with van der Waals surface area (Å²) in [5.74, 6) is 1.09. The van der Waals surface area contributed by atoms with Crippen LogP contribution in [0.5, 0.6) is 11.5 Å². The van der Waals surface area contributed by atoms with Gasteiger partial charge >= 0.3 is 6.03 Å². The molecule has 4 rings (SSSR count). The summed E-state index contributed by atoms with van der Waals surface area (Å²) < 4.78 is 11.0. The average molecular weight is 444 g/mol. The van der Waals surface area contributed by atoms with Crippen molar-refractivity contribution in [2.45, 2.75) is 44.2 Å². The molecule has 2 heterocycles. The van der Waals surface area contributed by atoms with Crippen LogP contribution >= 0.6 is 11.3 Å². The largest absolute Gasteiger partial charge is 0.493 e. The lowest BCUT2D eigenvalue weighted by Crippen LogP contribution is -2.48. The van der Waals surface area contributed by atoms with Crippen LogP contribution in [0.1, 0.15) is 47.7 Å². The molecule has 0 bridgehead atoms. The molecule has 1 aromatic carbocycles. The lowest BCUT2D eigenvalue weighted by Gasteiger charge is -2.36. The number of thiophene rings is 1. The number of methoxy groups -OCH3 is 2. The number of carbonyl (C=O) groups is 2. The smallest absolute Gasteiger partial charge is 0.321 e. The Kier molecular flexibility index (Phi) is 6.77. The molecule has 1 aliphatic heterocycles. The number of imide groups is 1. The van der Waals surface area contributed by atoms with Gasteiger partial charge in [0, 0.05) is 17.5 Å². The second-order valence-corrected chi connectivity index (χ2v) is 9.03. The minimum atomic E-state index is -0.395.